The van der Waals surface area contributed by atoms with Gasteiger partial charge in [-0.15, -0.1) is 0 Å². The van der Waals surface area contributed by atoms with E-state index < -0.39 is 22.9 Å². The van der Waals surface area contributed by atoms with Crippen molar-refractivity contribution in [3.05, 3.63) is 56.8 Å². The molecule has 0 aliphatic carbocycles. The van der Waals surface area contributed by atoms with Crippen LogP contribution in [0.3, 0.4) is 0 Å². The zero-order valence-electron chi connectivity index (χ0n) is 12.6. The van der Waals surface area contributed by atoms with E-state index in [1.807, 2.05) is 6.92 Å². The highest BCUT2D eigenvalue weighted by Gasteiger charge is 2.30. The number of hydrogen-bond acceptors (Lipinski definition) is 3. The van der Waals surface area contributed by atoms with Crippen molar-refractivity contribution in [3.63, 3.8) is 0 Å². The van der Waals surface area contributed by atoms with Crippen molar-refractivity contribution >= 4 is 10.9 Å². The topological polar surface area (TPSA) is 64.1 Å². The maximum Gasteiger partial charge on any atom is 0.328 e. The Kier molecular flexibility index (Phi) is 3.89. The number of ether oxygens (including phenoxy) is 1. The summed E-state index contributed by atoms with van der Waals surface area (Å²) >= 11 is 0. The molecule has 23 heavy (non-hydrogen) atoms. The molecule has 2 aromatic rings. The molecule has 1 fully saturated rings. The van der Waals surface area contributed by atoms with Crippen molar-refractivity contribution < 1.29 is 13.5 Å². The lowest BCUT2D eigenvalue weighted by molar-refractivity contribution is 0.114. The second-order valence-electron chi connectivity index (χ2n) is 5.84. The van der Waals surface area contributed by atoms with Crippen LogP contribution in [-0.4, -0.2) is 22.3 Å². The van der Waals surface area contributed by atoms with E-state index in [0.717, 1.165) is 22.3 Å². The molecule has 0 saturated carbocycles. The number of aromatic nitrogens is 2. The largest absolute Gasteiger partial charge is 0.374 e. The van der Waals surface area contributed by atoms with Gasteiger partial charge in [0.25, 0.3) is 5.56 Å². The second kappa shape index (κ2) is 5.73. The second-order valence-corrected chi connectivity index (χ2v) is 5.84. The molecule has 0 amide bonds. The van der Waals surface area contributed by atoms with Crippen molar-refractivity contribution in [1.29, 1.82) is 0 Å². The average molecular weight is 322 g/mol. The maximum atomic E-state index is 13.4. The predicted octanol–water partition coefficient (Wildman–Crippen LogP) is 1.95. The fourth-order valence-electron chi connectivity index (χ4n) is 3.01. The summed E-state index contributed by atoms with van der Waals surface area (Å²) in [6.45, 7) is 6.35. The van der Waals surface area contributed by atoms with E-state index in [1.165, 1.54) is 0 Å². The van der Waals surface area contributed by atoms with E-state index >= 15 is 0 Å². The van der Waals surface area contributed by atoms with Crippen LogP contribution < -0.4 is 11.2 Å². The molecule has 1 aliphatic heterocycles. The van der Waals surface area contributed by atoms with Gasteiger partial charge in [-0.05, 0) is 19.4 Å². The zero-order valence-corrected chi connectivity index (χ0v) is 12.6. The van der Waals surface area contributed by atoms with Gasteiger partial charge in [0.1, 0.15) is 0 Å². The Bertz CT molecular complexity index is 901. The Morgan fingerprint density at radius 2 is 2.09 bits per heavy atom. The Labute approximate surface area is 130 Å². The Balaban J connectivity index is 2.08. The molecular weight excluding hydrogens is 306 g/mol. The van der Waals surface area contributed by atoms with Crippen molar-refractivity contribution in [2.75, 3.05) is 6.61 Å². The maximum absolute atomic E-state index is 13.4. The molecule has 2 heterocycles. The van der Waals surface area contributed by atoms with Gasteiger partial charge in [-0.25, -0.2) is 13.6 Å². The summed E-state index contributed by atoms with van der Waals surface area (Å²) in [6, 6.07) is 1.62. The first-order valence-corrected chi connectivity index (χ1v) is 7.27. The zero-order chi connectivity index (χ0) is 16.7. The van der Waals surface area contributed by atoms with Crippen LogP contribution in [0.4, 0.5) is 8.78 Å². The molecule has 1 N–H and O–H groups in total. The minimum Gasteiger partial charge on any atom is -0.374 e. The average Bonchev–Trinajstić information content (AvgIpc) is 2.94. The predicted molar refractivity (Wildman–Crippen MR) is 81.4 cm³/mol. The normalized spacial score (nSPS) is 21.0. The number of rotatable bonds is 3. The van der Waals surface area contributed by atoms with Crippen molar-refractivity contribution in [2.45, 2.75) is 26.0 Å². The molecule has 7 heteroatoms. The summed E-state index contributed by atoms with van der Waals surface area (Å²) < 4.78 is 33.2. The van der Waals surface area contributed by atoms with Crippen molar-refractivity contribution in [3.8, 4) is 0 Å². The third-order valence-electron chi connectivity index (χ3n) is 4.14. The van der Waals surface area contributed by atoms with Crippen LogP contribution in [0, 0.1) is 17.6 Å². The van der Waals surface area contributed by atoms with Crippen molar-refractivity contribution in [2.24, 2.45) is 5.92 Å². The van der Waals surface area contributed by atoms with Crippen molar-refractivity contribution in [1.82, 2.24) is 9.55 Å². The number of nitrogens with zero attached hydrogens (tertiary/aromatic N) is 1. The number of benzene rings is 1. The first-order chi connectivity index (χ1) is 10.9. The summed E-state index contributed by atoms with van der Waals surface area (Å²) in [5, 5.41) is -0.0608. The highest BCUT2D eigenvalue weighted by atomic mass is 19.2. The summed E-state index contributed by atoms with van der Waals surface area (Å²) in [7, 11) is 0. The molecule has 0 radical (unpaired) electrons. The molecule has 0 bridgehead atoms. The first-order valence-electron chi connectivity index (χ1n) is 7.27. The Morgan fingerprint density at radius 3 is 2.78 bits per heavy atom. The van der Waals surface area contributed by atoms with Crippen LogP contribution in [-0.2, 0) is 11.3 Å². The third-order valence-corrected chi connectivity index (χ3v) is 4.14. The molecule has 5 nitrogen and oxygen atoms in total. The van der Waals surface area contributed by atoms with E-state index in [-0.39, 0.29) is 29.5 Å². The van der Waals surface area contributed by atoms with Gasteiger partial charge in [0.2, 0.25) is 0 Å². The smallest absolute Gasteiger partial charge is 0.328 e. The molecule has 0 spiro atoms. The number of H-pyrrole nitrogens is 1. The summed E-state index contributed by atoms with van der Waals surface area (Å²) in [6.07, 6.45) is 0.473. The molecule has 2 atom stereocenters. The Morgan fingerprint density at radius 1 is 1.39 bits per heavy atom. The van der Waals surface area contributed by atoms with Gasteiger partial charge in [0, 0.05) is 25.1 Å². The van der Waals surface area contributed by atoms with E-state index in [1.54, 1.807) is 0 Å². The third kappa shape index (κ3) is 2.72. The summed E-state index contributed by atoms with van der Waals surface area (Å²) in [5.74, 6) is -2.30. The lowest BCUT2D eigenvalue weighted by Gasteiger charge is -2.19. The fraction of sp³-hybridized carbons (Fsp3) is 0.375. The number of nitrogens with one attached hydrogen (secondary N) is 1. The minimum atomic E-state index is -1.13. The van der Waals surface area contributed by atoms with E-state index in [9.17, 15) is 18.4 Å². The van der Waals surface area contributed by atoms with E-state index in [2.05, 4.69) is 11.6 Å². The van der Waals surface area contributed by atoms with Crippen LogP contribution in [0.2, 0.25) is 0 Å². The minimum absolute atomic E-state index is 0.0192. The van der Waals surface area contributed by atoms with Gasteiger partial charge in [-0.1, -0.05) is 12.2 Å². The number of aromatic amines is 1. The quantitative estimate of drug-likeness (QED) is 0.879. The molecule has 1 saturated heterocycles. The SMILES string of the molecule is C=C(C)C1OCCC1Cn1c(=O)[nH]c2cc(F)c(F)cc2c1=O. The molecule has 122 valence electrons. The van der Waals surface area contributed by atoms with Crippen LogP contribution in [0.1, 0.15) is 13.3 Å². The molecule has 1 aromatic heterocycles. The van der Waals surface area contributed by atoms with E-state index in [0.29, 0.717) is 13.0 Å². The lowest BCUT2D eigenvalue weighted by Crippen LogP contribution is -2.38. The highest BCUT2D eigenvalue weighted by molar-refractivity contribution is 5.77. The van der Waals surface area contributed by atoms with E-state index in [4.69, 9.17) is 4.74 Å². The molecule has 3 rings (SSSR count). The standard InChI is InChI=1S/C16H16F2N2O3/c1-8(2)14-9(3-4-23-14)7-20-15(21)10-5-11(17)12(18)6-13(10)19-16(20)22/h5-6,9,14H,1,3-4,7H2,2H3,(H,19,22). The summed E-state index contributed by atoms with van der Waals surface area (Å²) in [4.78, 5) is 27.0. The number of fused-ring (bicyclic) bond motifs is 1. The van der Waals surface area contributed by atoms with Crippen LogP contribution in [0.25, 0.3) is 10.9 Å². The fourth-order valence-corrected chi connectivity index (χ4v) is 3.01. The highest BCUT2D eigenvalue weighted by Crippen LogP contribution is 2.26. The Hall–Kier alpha value is -2.28. The monoisotopic (exact) mass is 322 g/mol. The summed E-state index contributed by atoms with van der Waals surface area (Å²) in [5.41, 5.74) is -0.490. The van der Waals surface area contributed by atoms with Gasteiger partial charge < -0.3 is 9.72 Å². The van der Waals surface area contributed by atoms with Crippen LogP contribution >= 0.6 is 0 Å². The first kappa shape index (κ1) is 15.6. The number of hydrogen-bond donors (Lipinski definition) is 1. The lowest BCUT2D eigenvalue weighted by atomic mass is 9.97. The molecule has 1 aliphatic rings. The van der Waals surface area contributed by atoms with Gasteiger partial charge in [0.05, 0.1) is 17.0 Å². The van der Waals surface area contributed by atoms with Gasteiger partial charge >= 0.3 is 5.69 Å². The van der Waals surface area contributed by atoms with Crippen LogP contribution in [0.15, 0.2) is 33.9 Å². The van der Waals surface area contributed by atoms with Gasteiger partial charge in [0.15, 0.2) is 11.6 Å². The number of halogens is 2. The molecular formula is C16H16F2N2O3. The van der Waals surface area contributed by atoms with Gasteiger partial charge in [-0.3, -0.25) is 9.36 Å². The van der Waals surface area contributed by atoms with Crippen LogP contribution in [0.5, 0.6) is 0 Å². The van der Waals surface area contributed by atoms with Gasteiger partial charge in [-0.2, -0.15) is 0 Å². The molecule has 2 unspecified atom stereocenters. The molecule has 1 aromatic carbocycles.